The van der Waals surface area contributed by atoms with Crippen LogP contribution in [0.5, 0.6) is 0 Å². The van der Waals surface area contributed by atoms with Crippen LogP contribution in [0.3, 0.4) is 0 Å². The highest BCUT2D eigenvalue weighted by Crippen LogP contribution is 1.98. The summed E-state index contributed by atoms with van der Waals surface area (Å²) >= 11 is 0. The van der Waals surface area contributed by atoms with E-state index < -0.39 is 0 Å². The van der Waals surface area contributed by atoms with Crippen LogP contribution in [0.25, 0.3) is 0 Å². The highest BCUT2D eigenvalue weighted by atomic mass is 16.5. The highest BCUT2D eigenvalue weighted by Gasteiger charge is 1.95. The predicted molar refractivity (Wildman–Crippen MR) is 62.8 cm³/mol. The first-order chi connectivity index (χ1) is 7.34. The van der Waals surface area contributed by atoms with Gasteiger partial charge in [0, 0.05) is 38.7 Å². The first-order valence-electron chi connectivity index (χ1n) is 5.73. The van der Waals surface area contributed by atoms with E-state index in [9.17, 15) is 0 Å². The van der Waals surface area contributed by atoms with Gasteiger partial charge in [-0.05, 0) is 38.4 Å². The number of hydrogen-bond donors (Lipinski definition) is 1. The second kappa shape index (κ2) is 7.49. The maximum atomic E-state index is 5.27. The van der Waals surface area contributed by atoms with Crippen LogP contribution in [0.2, 0.25) is 0 Å². The first kappa shape index (κ1) is 12.3. The van der Waals surface area contributed by atoms with Crippen LogP contribution in [0.15, 0.2) is 18.3 Å². The fraction of sp³-hybridized carbons (Fsp3) is 0.667. The van der Waals surface area contributed by atoms with Crippen LogP contribution in [-0.4, -0.2) is 24.3 Å². The number of ether oxygens (including phenoxy) is 1. The zero-order chi connectivity index (χ0) is 10.9. The van der Waals surface area contributed by atoms with Gasteiger partial charge in [0.1, 0.15) is 0 Å². The second-order valence-corrected chi connectivity index (χ2v) is 3.69. The minimum atomic E-state index is 0.830. The van der Waals surface area contributed by atoms with Crippen LogP contribution < -0.4 is 5.32 Å². The van der Waals surface area contributed by atoms with Gasteiger partial charge in [-0.15, -0.1) is 0 Å². The van der Waals surface area contributed by atoms with Crippen molar-refractivity contribution >= 4 is 0 Å². The molecule has 0 radical (unpaired) electrons. The quantitative estimate of drug-likeness (QED) is 0.664. The fourth-order valence-corrected chi connectivity index (χ4v) is 1.50. The average molecular weight is 210 g/mol. The van der Waals surface area contributed by atoms with E-state index in [1.54, 1.807) is 0 Å². The largest absolute Gasteiger partial charge is 0.382 e. The van der Waals surface area contributed by atoms with Gasteiger partial charge in [-0.1, -0.05) is 0 Å². The van der Waals surface area contributed by atoms with Gasteiger partial charge in [0.2, 0.25) is 0 Å². The Morgan fingerprint density at radius 3 is 2.93 bits per heavy atom. The molecule has 1 heterocycles. The van der Waals surface area contributed by atoms with E-state index in [0.717, 1.165) is 32.7 Å². The van der Waals surface area contributed by atoms with Gasteiger partial charge in [-0.3, -0.25) is 0 Å². The van der Waals surface area contributed by atoms with Crippen molar-refractivity contribution in [2.45, 2.75) is 26.3 Å². The van der Waals surface area contributed by atoms with Crippen molar-refractivity contribution in [1.82, 2.24) is 9.88 Å². The fourth-order valence-electron chi connectivity index (χ4n) is 1.50. The molecule has 3 heteroatoms. The molecular weight excluding hydrogens is 188 g/mol. The number of aromatic nitrogens is 1. The third kappa shape index (κ3) is 5.00. The number of unbranched alkanes of at least 4 members (excludes halogenated alkanes) is 1. The summed E-state index contributed by atoms with van der Waals surface area (Å²) in [4.78, 5) is 0. The molecule has 0 aliphatic rings. The number of hydrogen-bond acceptors (Lipinski definition) is 2. The Morgan fingerprint density at radius 1 is 1.40 bits per heavy atom. The van der Waals surface area contributed by atoms with Crippen molar-refractivity contribution in [2.24, 2.45) is 7.05 Å². The second-order valence-electron chi connectivity index (χ2n) is 3.69. The zero-order valence-electron chi connectivity index (χ0n) is 9.83. The number of nitrogens with zero attached hydrogens (tertiary/aromatic N) is 1. The minimum Gasteiger partial charge on any atom is -0.382 e. The molecule has 0 saturated heterocycles. The van der Waals surface area contributed by atoms with Crippen molar-refractivity contribution in [3.05, 3.63) is 24.0 Å². The molecule has 0 unspecified atom stereocenters. The van der Waals surface area contributed by atoms with Crippen molar-refractivity contribution in [3.8, 4) is 0 Å². The van der Waals surface area contributed by atoms with Crippen LogP contribution >= 0.6 is 0 Å². The lowest BCUT2D eigenvalue weighted by Gasteiger charge is -2.06. The molecule has 0 fully saturated rings. The third-order valence-corrected chi connectivity index (χ3v) is 2.45. The smallest absolute Gasteiger partial charge is 0.0466 e. The zero-order valence-corrected chi connectivity index (χ0v) is 9.83. The Hall–Kier alpha value is -0.800. The van der Waals surface area contributed by atoms with Gasteiger partial charge in [0.05, 0.1) is 0 Å². The van der Waals surface area contributed by atoms with Gasteiger partial charge in [0.15, 0.2) is 0 Å². The molecule has 0 aliphatic heterocycles. The van der Waals surface area contributed by atoms with E-state index in [2.05, 4.69) is 35.3 Å². The van der Waals surface area contributed by atoms with E-state index in [0.29, 0.717) is 0 Å². The summed E-state index contributed by atoms with van der Waals surface area (Å²) < 4.78 is 7.42. The molecule has 0 spiro atoms. The van der Waals surface area contributed by atoms with Gasteiger partial charge in [-0.2, -0.15) is 0 Å². The SMILES string of the molecule is CCOCCCCNCc1cccn1C. The van der Waals surface area contributed by atoms with Crippen molar-refractivity contribution in [2.75, 3.05) is 19.8 Å². The number of nitrogens with one attached hydrogen (secondary N) is 1. The summed E-state index contributed by atoms with van der Waals surface area (Å²) in [7, 11) is 2.08. The van der Waals surface area contributed by atoms with E-state index >= 15 is 0 Å². The minimum absolute atomic E-state index is 0.830. The summed E-state index contributed by atoms with van der Waals surface area (Å²) in [5, 5.41) is 3.43. The lowest BCUT2D eigenvalue weighted by atomic mass is 10.3. The molecule has 86 valence electrons. The van der Waals surface area contributed by atoms with Crippen LogP contribution in [0.4, 0.5) is 0 Å². The lowest BCUT2D eigenvalue weighted by Crippen LogP contribution is -2.16. The van der Waals surface area contributed by atoms with Crippen LogP contribution in [-0.2, 0) is 18.3 Å². The van der Waals surface area contributed by atoms with Crippen molar-refractivity contribution < 1.29 is 4.74 Å². The molecular formula is C12H22N2O. The van der Waals surface area contributed by atoms with Crippen LogP contribution in [0.1, 0.15) is 25.5 Å². The molecule has 0 amide bonds. The van der Waals surface area contributed by atoms with Gasteiger partial charge >= 0.3 is 0 Å². The lowest BCUT2D eigenvalue weighted by molar-refractivity contribution is 0.143. The molecule has 3 nitrogen and oxygen atoms in total. The number of aryl methyl sites for hydroxylation is 1. The number of rotatable bonds is 8. The van der Waals surface area contributed by atoms with E-state index in [1.165, 1.54) is 12.1 Å². The van der Waals surface area contributed by atoms with Gasteiger partial charge < -0.3 is 14.6 Å². The topological polar surface area (TPSA) is 26.2 Å². The average Bonchev–Trinajstić information content (AvgIpc) is 2.63. The first-order valence-corrected chi connectivity index (χ1v) is 5.73. The Balaban J connectivity index is 1.96. The summed E-state index contributed by atoms with van der Waals surface area (Å²) in [5.74, 6) is 0. The highest BCUT2D eigenvalue weighted by molar-refractivity contribution is 5.05. The predicted octanol–water partition coefficient (Wildman–Crippen LogP) is 1.93. The Morgan fingerprint density at radius 2 is 2.27 bits per heavy atom. The molecule has 1 aromatic heterocycles. The van der Waals surface area contributed by atoms with Gasteiger partial charge in [-0.25, -0.2) is 0 Å². The van der Waals surface area contributed by atoms with E-state index in [-0.39, 0.29) is 0 Å². The summed E-state index contributed by atoms with van der Waals surface area (Å²) in [5.41, 5.74) is 1.33. The molecule has 1 aromatic rings. The van der Waals surface area contributed by atoms with Gasteiger partial charge in [0.25, 0.3) is 0 Å². The molecule has 0 bridgehead atoms. The molecule has 0 aliphatic carbocycles. The molecule has 15 heavy (non-hydrogen) atoms. The van der Waals surface area contributed by atoms with E-state index in [4.69, 9.17) is 4.74 Å². The molecule has 1 rings (SSSR count). The molecule has 0 saturated carbocycles. The normalized spacial score (nSPS) is 10.8. The Kier molecular flexibility index (Phi) is 6.12. The monoisotopic (exact) mass is 210 g/mol. The molecule has 0 aromatic carbocycles. The Bertz CT molecular complexity index is 258. The van der Waals surface area contributed by atoms with Crippen molar-refractivity contribution in [3.63, 3.8) is 0 Å². The maximum Gasteiger partial charge on any atom is 0.0466 e. The standard InChI is InChI=1S/C12H22N2O/c1-3-15-10-5-4-8-13-11-12-7-6-9-14(12)2/h6-7,9,13H,3-5,8,10-11H2,1-2H3. The molecule has 1 N–H and O–H groups in total. The summed E-state index contributed by atoms with van der Waals surface area (Å²) in [6.45, 7) is 5.78. The Labute approximate surface area is 92.4 Å². The van der Waals surface area contributed by atoms with E-state index in [1.807, 2.05) is 6.92 Å². The van der Waals surface area contributed by atoms with Crippen molar-refractivity contribution in [1.29, 1.82) is 0 Å². The summed E-state index contributed by atoms with van der Waals surface area (Å²) in [6.07, 6.45) is 4.41. The van der Waals surface area contributed by atoms with Crippen LogP contribution in [0, 0.1) is 0 Å². The third-order valence-electron chi connectivity index (χ3n) is 2.45. The molecule has 0 atom stereocenters. The maximum absolute atomic E-state index is 5.27. The summed E-state index contributed by atoms with van der Waals surface area (Å²) in [6, 6.07) is 4.22.